The van der Waals surface area contributed by atoms with E-state index in [-0.39, 0.29) is 6.61 Å². The van der Waals surface area contributed by atoms with E-state index >= 15 is 0 Å². The van der Waals surface area contributed by atoms with Gasteiger partial charge in [-0.05, 0) is 12.5 Å². The molecule has 0 radical (unpaired) electrons. The minimum absolute atomic E-state index is 0.0857. The predicted octanol–water partition coefficient (Wildman–Crippen LogP) is 1.83. The number of rotatable bonds is 6. The summed E-state index contributed by atoms with van der Waals surface area (Å²) in [6.07, 6.45) is -0.835. The van der Waals surface area contributed by atoms with Crippen LogP contribution in [0.15, 0.2) is 35.5 Å². The average molecular weight is 294 g/mol. The third kappa shape index (κ3) is 7.56. The van der Waals surface area contributed by atoms with Crippen molar-refractivity contribution in [3.63, 3.8) is 0 Å². The summed E-state index contributed by atoms with van der Waals surface area (Å²) in [6.45, 7) is 3.54. The molecule has 0 aliphatic carbocycles. The van der Waals surface area contributed by atoms with Crippen LogP contribution in [0.2, 0.25) is 0 Å². The molecule has 1 N–H and O–H groups in total. The molecule has 0 unspecified atom stereocenters. The monoisotopic (exact) mass is 294 g/mol. The van der Waals surface area contributed by atoms with Gasteiger partial charge in [-0.1, -0.05) is 35.5 Å². The van der Waals surface area contributed by atoms with Crippen LogP contribution >= 0.6 is 0 Å². The summed E-state index contributed by atoms with van der Waals surface area (Å²) in [5.74, 6) is -0.349. The molecule has 0 fully saturated rings. The first-order chi connectivity index (χ1) is 10.1. The maximum absolute atomic E-state index is 11.4. The molecule has 0 atom stereocenters. The highest BCUT2D eigenvalue weighted by atomic mass is 16.6. The number of alkyl carbamates (subject to hydrolysis) is 1. The fraction of sp³-hybridized carbons (Fsp3) is 0.357. The topological polar surface area (TPSA) is 86.2 Å². The summed E-state index contributed by atoms with van der Waals surface area (Å²) in [7, 11) is 0. The number of hydrogen-bond acceptors (Lipinski definition) is 6. The summed E-state index contributed by atoms with van der Waals surface area (Å²) in [5.41, 5.74) is 0.827. The molecule has 0 aromatic heterocycles. The lowest BCUT2D eigenvalue weighted by atomic mass is 10.2. The van der Waals surface area contributed by atoms with Crippen LogP contribution in [0.1, 0.15) is 19.4 Å². The van der Waals surface area contributed by atoms with Crippen molar-refractivity contribution in [3.05, 3.63) is 35.9 Å². The van der Waals surface area contributed by atoms with Gasteiger partial charge in [-0.2, -0.15) is 0 Å². The Hall–Kier alpha value is -2.57. The quantitative estimate of drug-likeness (QED) is 0.491. The van der Waals surface area contributed by atoms with Crippen molar-refractivity contribution < 1.29 is 23.9 Å². The van der Waals surface area contributed by atoms with Crippen molar-refractivity contribution in [1.82, 2.24) is 5.32 Å². The van der Waals surface area contributed by atoms with Crippen LogP contribution in [-0.2, 0) is 25.7 Å². The molecular formula is C14H18N2O5. The van der Waals surface area contributed by atoms with E-state index in [1.165, 1.54) is 0 Å². The van der Waals surface area contributed by atoms with Gasteiger partial charge in [0.15, 0.2) is 6.61 Å². The molecule has 7 heteroatoms. The number of benzene rings is 1. The number of oxime groups is 1. The number of hydrogen-bond donors (Lipinski definition) is 1. The van der Waals surface area contributed by atoms with E-state index in [0.29, 0.717) is 12.5 Å². The van der Waals surface area contributed by atoms with Gasteiger partial charge in [0.1, 0.15) is 6.61 Å². The van der Waals surface area contributed by atoms with Crippen molar-refractivity contribution in [2.45, 2.75) is 20.5 Å². The number of amides is 2. The third-order valence-electron chi connectivity index (χ3n) is 2.20. The van der Waals surface area contributed by atoms with Crippen LogP contribution < -0.4 is 5.32 Å². The molecule has 0 saturated carbocycles. The Bertz CT molecular complexity index is 487. The zero-order valence-corrected chi connectivity index (χ0v) is 12.0. The molecule has 0 heterocycles. The Labute approximate surface area is 122 Å². The molecule has 1 aromatic rings. The molecule has 0 aliphatic heterocycles. The lowest BCUT2D eigenvalue weighted by molar-refractivity contribution is -0.125. The zero-order chi connectivity index (χ0) is 15.5. The van der Waals surface area contributed by atoms with E-state index in [9.17, 15) is 9.59 Å². The highest BCUT2D eigenvalue weighted by Gasteiger charge is 2.09. The SMILES string of the molecule is CCO/C(C)=N/OCC(=O)NC(=O)OCc1ccccc1. The second-order valence-corrected chi connectivity index (χ2v) is 3.93. The number of ether oxygens (including phenoxy) is 2. The second-order valence-electron chi connectivity index (χ2n) is 3.93. The molecule has 0 saturated heterocycles. The summed E-state index contributed by atoms with van der Waals surface area (Å²) in [5, 5.41) is 5.56. The summed E-state index contributed by atoms with van der Waals surface area (Å²) < 4.78 is 9.87. The summed E-state index contributed by atoms with van der Waals surface area (Å²) in [6, 6.07) is 9.13. The molecule has 21 heavy (non-hydrogen) atoms. The van der Waals surface area contributed by atoms with Crippen LogP contribution in [0.3, 0.4) is 0 Å². The Morgan fingerprint density at radius 2 is 1.90 bits per heavy atom. The van der Waals surface area contributed by atoms with Crippen LogP contribution in [0.4, 0.5) is 4.79 Å². The minimum atomic E-state index is -0.835. The lowest BCUT2D eigenvalue weighted by Crippen LogP contribution is -2.33. The maximum atomic E-state index is 11.4. The summed E-state index contributed by atoms with van der Waals surface area (Å²) >= 11 is 0. The highest BCUT2D eigenvalue weighted by Crippen LogP contribution is 2.00. The van der Waals surface area contributed by atoms with Crippen molar-refractivity contribution in [2.24, 2.45) is 5.16 Å². The molecule has 0 bridgehead atoms. The molecule has 1 rings (SSSR count). The largest absolute Gasteiger partial charge is 0.479 e. The van der Waals surface area contributed by atoms with Gasteiger partial charge in [-0.15, -0.1) is 0 Å². The van der Waals surface area contributed by atoms with Gasteiger partial charge in [0.25, 0.3) is 5.91 Å². The van der Waals surface area contributed by atoms with Crippen LogP contribution in [-0.4, -0.2) is 31.1 Å². The van der Waals surface area contributed by atoms with Gasteiger partial charge >= 0.3 is 6.09 Å². The molecule has 1 aromatic carbocycles. The van der Waals surface area contributed by atoms with E-state index < -0.39 is 18.6 Å². The summed E-state index contributed by atoms with van der Waals surface area (Å²) in [4.78, 5) is 27.4. The van der Waals surface area contributed by atoms with Crippen molar-refractivity contribution in [3.8, 4) is 0 Å². The maximum Gasteiger partial charge on any atom is 0.414 e. The number of carbonyl (C=O) groups excluding carboxylic acids is 2. The molecule has 0 spiro atoms. The standard InChI is InChI=1S/C14H18N2O5/c1-3-19-11(2)16-21-10-13(17)15-14(18)20-9-12-7-5-4-6-8-12/h4-8H,3,9-10H2,1-2H3,(H,15,17,18)/b16-11+. The van der Waals surface area contributed by atoms with Crippen molar-refractivity contribution in [2.75, 3.05) is 13.2 Å². The van der Waals surface area contributed by atoms with Crippen LogP contribution in [0.25, 0.3) is 0 Å². The Morgan fingerprint density at radius 3 is 2.57 bits per heavy atom. The van der Waals surface area contributed by atoms with Crippen LogP contribution in [0.5, 0.6) is 0 Å². The lowest BCUT2D eigenvalue weighted by Gasteiger charge is -2.06. The van der Waals surface area contributed by atoms with E-state index in [1.54, 1.807) is 13.8 Å². The van der Waals surface area contributed by atoms with Gasteiger partial charge in [-0.3, -0.25) is 10.1 Å². The fourth-order valence-corrected chi connectivity index (χ4v) is 1.33. The van der Waals surface area contributed by atoms with E-state index in [1.807, 2.05) is 35.6 Å². The average Bonchev–Trinajstić information content (AvgIpc) is 2.46. The first kappa shape index (κ1) is 16.5. The van der Waals surface area contributed by atoms with E-state index in [2.05, 4.69) is 5.16 Å². The highest BCUT2D eigenvalue weighted by molar-refractivity contribution is 5.92. The number of nitrogens with zero attached hydrogens (tertiary/aromatic N) is 1. The Morgan fingerprint density at radius 1 is 1.19 bits per heavy atom. The van der Waals surface area contributed by atoms with Gasteiger partial charge in [0.05, 0.1) is 6.61 Å². The predicted molar refractivity (Wildman–Crippen MR) is 75.5 cm³/mol. The van der Waals surface area contributed by atoms with Crippen LogP contribution in [0, 0.1) is 0 Å². The Kier molecular flexibility index (Phi) is 7.34. The fourth-order valence-electron chi connectivity index (χ4n) is 1.33. The van der Waals surface area contributed by atoms with Crippen molar-refractivity contribution >= 4 is 17.9 Å². The number of nitrogens with one attached hydrogen (secondary N) is 1. The molecule has 0 aliphatic rings. The minimum Gasteiger partial charge on any atom is -0.479 e. The third-order valence-corrected chi connectivity index (χ3v) is 2.20. The van der Waals surface area contributed by atoms with Gasteiger partial charge in [0, 0.05) is 6.92 Å². The Balaban J connectivity index is 2.22. The van der Waals surface area contributed by atoms with E-state index in [0.717, 1.165) is 5.56 Å². The zero-order valence-electron chi connectivity index (χ0n) is 12.0. The molecule has 7 nitrogen and oxygen atoms in total. The molecule has 2 amide bonds. The van der Waals surface area contributed by atoms with Gasteiger partial charge in [0.2, 0.25) is 5.90 Å². The molecular weight excluding hydrogens is 276 g/mol. The number of imide groups is 1. The van der Waals surface area contributed by atoms with Crippen molar-refractivity contribution in [1.29, 1.82) is 0 Å². The smallest absolute Gasteiger partial charge is 0.414 e. The number of carbonyl (C=O) groups is 2. The second kappa shape index (κ2) is 9.35. The van der Waals surface area contributed by atoms with Gasteiger partial charge < -0.3 is 14.3 Å². The normalized spacial score (nSPS) is 10.7. The first-order valence-electron chi connectivity index (χ1n) is 6.41. The molecule has 114 valence electrons. The van der Waals surface area contributed by atoms with Gasteiger partial charge in [-0.25, -0.2) is 4.79 Å². The first-order valence-corrected chi connectivity index (χ1v) is 6.41. The van der Waals surface area contributed by atoms with E-state index in [4.69, 9.17) is 14.3 Å².